The average Bonchev–Trinajstić information content (AvgIpc) is 2.02. The van der Waals surface area contributed by atoms with E-state index in [-0.39, 0.29) is 10.6 Å². The predicted molar refractivity (Wildman–Crippen MR) is 54.9 cm³/mol. The Morgan fingerprint density at radius 2 is 2.15 bits per heavy atom. The van der Waals surface area contributed by atoms with Crippen LogP contribution in [0, 0.1) is 13.7 Å². The van der Waals surface area contributed by atoms with Gasteiger partial charge in [-0.15, -0.1) is 0 Å². The molecule has 0 aromatic heterocycles. The topological polar surface area (TPSA) is 80.4 Å². The second-order valence-electron chi connectivity index (χ2n) is 2.09. The highest BCUT2D eigenvalue weighted by Crippen LogP contribution is 2.26. The third-order valence-electron chi connectivity index (χ3n) is 1.32. The Bertz CT molecular complexity index is 381. The summed E-state index contributed by atoms with van der Waals surface area (Å²) in [5.41, 5.74) is -0.302. The van der Waals surface area contributed by atoms with Gasteiger partial charge in [0.25, 0.3) is 0 Å². The Morgan fingerprint density at radius 3 is 2.54 bits per heavy atom. The van der Waals surface area contributed by atoms with Crippen LogP contribution in [-0.4, -0.2) is 13.7 Å². The number of nitrogens with zero attached hydrogens (tertiary/aromatic N) is 1. The first-order valence-corrected chi connectivity index (χ1v) is 5.26. The molecule has 0 bridgehead atoms. The molecule has 0 aliphatic carbocycles. The SMILES string of the molecule is O=[N+]([O-])c1c(I)cccc1S(=O)O. The van der Waals surface area contributed by atoms with Gasteiger partial charge in [0.15, 0.2) is 11.1 Å². The lowest BCUT2D eigenvalue weighted by atomic mass is 10.3. The molecule has 0 fully saturated rings. The minimum Gasteiger partial charge on any atom is -0.302 e. The van der Waals surface area contributed by atoms with Gasteiger partial charge in [0.05, 0.1) is 8.49 Å². The third kappa shape index (κ3) is 2.23. The zero-order valence-corrected chi connectivity index (χ0v) is 9.11. The number of nitro groups is 1. The van der Waals surface area contributed by atoms with Crippen molar-refractivity contribution in [3.05, 3.63) is 31.9 Å². The number of hydrogen-bond donors (Lipinski definition) is 1. The summed E-state index contributed by atoms with van der Waals surface area (Å²) in [6.45, 7) is 0. The minimum atomic E-state index is -2.32. The van der Waals surface area contributed by atoms with E-state index in [1.54, 1.807) is 22.6 Å². The fourth-order valence-corrected chi connectivity index (χ4v) is 2.24. The maximum atomic E-state index is 10.7. The highest BCUT2D eigenvalue weighted by molar-refractivity contribution is 14.1. The van der Waals surface area contributed by atoms with Gasteiger partial charge in [0, 0.05) is 0 Å². The van der Waals surface area contributed by atoms with E-state index in [1.165, 1.54) is 18.2 Å². The van der Waals surface area contributed by atoms with E-state index < -0.39 is 16.0 Å². The Balaban J connectivity index is 3.43. The lowest BCUT2D eigenvalue weighted by Gasteiger charge is -1.99. The van der Waals surface area contributed by atoms with Crippen LogP contribution in [0.5, 0.6) is 0 Å². The second kappa shape index (κ2) is 4.11. The Kier molecular flexibility index (Phi) is 3.33. The van der Waals surface area contributed by atoms with E-state index in [0.29, 0.717) is 3.57 Å². The van der Waals surface area contributed by atoms with Gasteiger partial charge in [-0.05, 0) is 34.7 Å². The molecule has 0 spiro atoms. The fraction of sp³-hybridized carbons (Fsp3) is 0. The van der Waals surface area contributed by atoms with Crippen molar-refractivity contribution in [2.24, 2.45) is 0 Å². The van der Waals surface area contributed by atoms with Crippen molar-refractivity contribution in [1.29, 1.82) is 0 Å². The first-order chi connectivity index (χ1) is 6.04. The van der Waals surface area contributed by atoms with Gasteiger partial charge < -0.3 is 4.55 Å². The molecule has 1 aromatic carbocycles. The van der Waals surface area contributed by atoms with Crippen molar-refractivity contribution in [3.63, 3.8) is 0 Å². The standard InChI is InChI=1S/C6H4INO4S/c7-4-2-1-3-5(13(11)12)6(4)8(9)10/h1-3H,(H,11,12). The quantitative estimate of drug-likeness (QED) is 0.391. The van der Waals surface area contributed by atoms with E-state index in [9.17, 15) is 14.3 Å². The van der Waals surface area contributed by atoms with Gasteiger partial charge in [-0.1, -0.05) is 6.07 Å². The van der Waals surface area contributed by atoms with Crippen LogP contribution in [0.4, 0.5) is 5.69 Å². The van der Waals surface area contributed by atoms with E-state index in [1.807, 2.05) is 0 Å². The molecule has 0 aliphatic heterocycles. The summed E-state index contributed by atoms with van der Waals surface area (Å²) in [7, 11) is 0. The summed E-state index contributed by atoms with van der Waals surface area (Å²) >= 11 is -0.570. The molecular formula is C6H4INO4S. The van der Waals surface area contributed by atoms with Crippen molar-refractivity contribution in [2.75, 3.05) is 0 Å². The van der Waals surface area contributed by atoms with Crippen molar-refractivity contribution in [3.8, 4) is 0 Å². The van der Waals surface area contributed by atoms with Crippen LogP contribution >= 0.6 is 22.6 Å². The van der Waals surface area contributed by atoms with Gasteiger partial charge in [0.1, 0.15) is 4.90 Å². The molecule has 13 heavy (non-hydrogen) atoms. The molecule has 1 unspecified atom stereocenters. The number of para-hydroxylation sites is 1. The van der Waals surface area contributed by atoms with Gasteiger partial charge in [0.2, 0.25) is 0 Å². The smallest absolute Gasteiger partial charge is 0.301 e. The zero-order chi connectivity index (χ0) is 10.0. The van der Waals surface area contributed by atoms with Crippen molar-refractivity contribution in [2.45, 2.75) is 4.90 Å². The summed E-state index contributed by atoms with van der Waals surface area (Å²) in [5.74, 6) is 0. The highest BCUT2D eigenvalue weighted by Gasteiger charge is 2.21. The molecule has 1 atom stereocenters. The van der Waals surface area contributed by atoms with Crippen molar-refractivity contribution >= 4 is 39.4 Å². The van der Waals surface area contributed by atoms with Crippen molar-refractivity contribution < 1.29 is 13.7 Å². The van der Waals surface area contributed by atoms with Crippen LogP contribution in [0.25, 0.3) is 0 Å². The third-order valence-corrected chi connectivity index (χ3v) is 2.90. The van der Waals surface area contributed by atoms with Crippen LogP contribution in [0.3, 0.4) is 0 Å². The predicted octanol–water partition coefficient (Wildman–Crippen LogP) is 1.78. The Morgan fingerprint density at radius 1 is 1.54 bits per heavy atom. The number of halogens is 1. The van der Waals surface area contributed by atoms with Gasteiger partial charge >= 0.3 is 5.69 Å². The van der Waals surface area contributed by atoms with Gasteiger partial charge in [-0.2, -0.15) is 0 Å². The molecule has 0 saturated heterocycles. The van der Waals surface area contributed by atoms with Crippen LogP contribution in [0.2, 0.25) is 0 Å². The summed E-state index contributed by atoms with van der Waals surface area (Å²) < 4.78 is 19.8. The number of hydrogen-bond acceptors (Lipinski definition) is 3. The normalized spacial score (nSPS) is 12.5. The zero-order valence-electron chi connectivity index (χ0n) is 6.14. The van der Waals surface area contributed by atoms with Gasteiger partial charge in [-0.3, -0.25) is 10.1 Å². The molecule has 0 aliphatic rings. The maximum Gasteiger partial charge on any atom is 0.301 e. The first-order valence-electron chi connectivity index (χ1n) is 3.08. The Hall–Kier alpha value is -0.540. The monoisotopic (exact) mass is 313 g/mol. The van der Waals surface area contributed by atoms with E-state index in [2.05, 4.69) is 0 Å². The van der Waals surface area contributed by atoms with Crippen molar-refractivity contribution in [1.82, 2.24) is 0 Å². The summed E-state index contributed by atoms with van der Waals surface area (Å²) in [6.07, 6.45) is 0. The van der Waals surface area contributed by atoms with E-state index >= 15 is 0 Å². The molecule has 7 heteroatoms. The number of benzene rings is 1. The first kappa shape index (κ1) is 10.5. The molecule has 1 aromatic rings. The summed E-state index contributed by atoms with van der Waals surface area (Å²) in [6, 6.07) is 4.27. The molecule has 1 rings (SSSR count). The molecule has 1 N–H and O–H groups in total. The lowest BCUT2D eigenvalue weighted by Crippen LogP contribution is -1.99. The van der Waals surface area contributed by atoms with Crippen LogP contribution in [0.15, 0.2) is 23.1 Å². The fourth-order valence-electron chi connectivity index (χ4n) is 0.814. The van der Waals surface area contributed by atoms with Crippen LogP contribution in [0.1, 0.15) is 0 Å². The van der Waals surface area contributed by atoms with Crippen LogP contribution < -0.4 is 0 Å². The van der Waals surface area contributed by atoms with Crippen LogP contribution in [-0.2, 0) is 11.1 Å². The largest absolute Gasteiger partial charge is 0.302 e. The second-order valence-corrected chi connectivity index (χ2v) is 4.19. The summed E-state index contributed by atoms with van der Waals surface area (Å²) in [4.78, 5) is 9.67. The molecular weight excluding hydrogens is 309 g/mol. The van der Waals surface area contributed by atoms with E-state index in [0.717, 1.165) is 0 Å². The maximum absolute atomic E-state index is 10.7. The molecule has 0 amide bonds. The van der Waals surface area contributed by atoms with Gasteiger partial charge in [-0.25, -0.2) is 4.21 Å². The number of rotatable bonds is 2. The molecule has 70 valence electrons. The molecule has 0 heterocycles. The molecule has 5 nitrogen and oxygen atoms in total. The average molecular weight is 313 g/mol. The van der Waals surface area contributed by atoms with E-state index in [4.69, 9.17) is 4.55 Å². The number of nitro benzene ring substituents is 1. The highest BCUT2D eigenvalue weighted by atomic mass is 127. The summed E-state index contributed by atoms with van der Waals surface area (Å²) in [5, 5.41) is 10.5. The lowest BCUT2D eigenvalue weighted by molar-refractivity contribution is -0.388. The Labute approximate surface area is 89.7 Å². The molecule has 0 radical (unpaired) electrons. The molecule has 0 saturated carbocycles. The minimum absolute atomic E-state index is 0.170.